The predicted octanol–water partition coefficient (Wildman–Crippen LogP) is 2.14. The highest BCUT2D eigenvalue weighted by Crippen LogP contribution is 1.82. The lowest BCUT2D eigenvalue weighted by molar-refractivity contribution is 1.58. The highest BCUT2D eigenvalue weighted by atomic mass is 127. The van der Waals surface area contributed by atoms with Crippen LogP contribution in [-0.4, -0.2) is 6.21 Å². The summed E-state index contributed by atoms with van der Waals surface area (Å²) in [5.74, 6) is 0. The van der Waals surface area contributed by atoms with Crippen molar-refractivity contribution in [2.45, 2.75) is 0 Å². The summed E-state index contributed by atoms with van der Waals surface area (Å²) in [7, 11) is 0. The molecule has 0 aromatic heterocycles. The lowest BCUT2D eigenvalue weighted by Gasteiger charge is -1.63. The molecule has 0 aliphatic carbocycles. The van der Waals surface area contributed by atoms with Gasteiger partial charge in [-0.1, -0.05) is 34.7 Å². The Morgan fingerprint density at radius 3 is 2.29 bits per heavy atom. The molecule has 1 N–H and O–H groups in total. The molecule has 7 heavy (non-hydrogen) atoms. The van der Waals surface area contributed by atoms with Gasteiger partial charge in [0.1, 0.15) is 0 Å². The molecule has 1 nitrogen and oxygen atoms in total. The summed E-state index contributed by atoms with van der Waals surface area (Å²) in [6, 6.07) is 0. The molecule has 38 valence electrons. The van der Waals surface area contributed by atoms with Crippen LogP contribution in [0.15, 0.2) is 22.3 Å². The summed E-state index contributed by atoms with van der Waals surface area (Å²) >= 11 is 2.12. The molecule has 2 heteroatoms. The minimum Gasteiger partial charge on any atom is -0.309 e. The van der Waals surface area contributed by atoms with Gasteiger partial charge < -0.3 is 5.41 Å². The highest BCUT2D eigenvalue weighted by molar-refractivity contribution is 14.1. The topological polar surface area (TPSA) is 23.9 Å². The molecule has 0 saturated carbocycles. The van der Waals surface area contributed by atoms with Crippen LogP contribution in [0.1, 0.15) is 0 Å². The minimum absolute atomic E-state index is 1.25. The van der Waals surface area contributed by atoms with E-state index in [1.54, 1.807) is 12.2 Å². The van der Waals surface area contributed by atoms with E-state index in [4.69, 9.17) is 5.41 Å². The molecule has 0 aliphatic heterocycles. The van der Waals surface area contributed by atoms with Gasteiger partial charge in [-0.2, -0.15) is 0 Å². The average molecular weight is 207 g/mol. The monoisotopic (exact) mass is 207 g/mol. The first-order valence-corrected chi connectivity index (χ1v) is 3.09. The summed E-state index contributed by atoms with van der Waals surface area (Å²) < 4.78 is 1.89. The summed E-state index contributed by atoms with van der Waals surface area (Å²) in [5.41, 5.74) is 0. The van der Waals surface area contributed by atoms with E-state index in [2.05, 4.69) is 22.6 Å². The second-order valence-electron chi connectivity index (χ2n) is 0.870. The van der Waals surface area contributed by atoms with Crippen molar-refractivity contribution >= 4 is 28.8 Å². The van der Waals surface area contributed by atoms with Crippen LogP contribution in [0.4, 0.5) is 0 Å². The van der Waals surface area contributed by atoms with Gasteiger partial charge in [0.15, 0.2) is 0 Å². The highest BCUT2D eigenvalue weighted by Gasteiger charge is 1.54. The molecule has 0 spiro atoms. The SMILES string of the molecule is N=C/C=C\C=C/I. The van der Waals surface area contributed by atoms with Crippen LogP contribution >= 0.6 is 22.6 Å². The number of rotatable bonds is 2. The molecule has 0 rings (SSSR count). The largest absolute Gasteiger partial charge is 0.309 e. The fraction of sp³-hybridized carbons (Fsp3) is 0. The van der Waals surface area contributed by atoms with Crippen molar-refractivity contribution in [1.82, 2.24) is 0 Å². The first-order valence-electron chi connectivity index (χ1n) is 1.84. The zero-order valence-electron chi connectivity index (χ0n) is 3.76. The third-order valence-corrected chi connectivity index (χ3v) is 0.806. The van der Waals surface area contributed by atoms with Crippen molar-refractivity contribution in [2.24, 2.45) is 0 Å². The van der Waals surface area contributed by atoms with Crippen LogP contribution < -0.4 is 0 Å². The molecule has 0 aromatic carbocycles. The van der Waals surface area contributed by atoms with Gasteiger partial charge in [0, 0.05) is 6.21 Å². The summed E-state index contributed by atoms with van der Waals surface area (Å²) in [4.78, 5) is 0. The summed E-state index contributed by atoms with van der Waals surface area (Å²) in [6.45, 7) is 0. The Balaban J connectivity index is 3.27. The Hall–Kier alpha value is -0.120. The molecule has 0 saturated heterocycles. The van der Waals surface area contributed by atoms with E-state index in [1.165, 1.54) is 6.21 Å². The molecule has 0 radical (unpaired) electrons. The molecular weight excluding hydrogens is 201 g/mol. The van der Waals surface area contributed by atoms with E-state index in [0.29, 0.717) is 0 Å². The molecule has 0 aromatic rings. The second kappa shape index (κ2) is 5.88. The van der Waals surface area contributed by atoms with Gasteiger partial charge in [-0.15, -0.1) is 0 Å². The van der Waals surface area contributed by atoms with Gasteiger partial charge >= 0.3 is 0 Å². The fourth-order valence-corrected chi connectivity index (χ4v) is 0.401. The Kier molecular flexibility index (Phi) is 5.78. The molecule has 0 aliphatic rings. The Morgan fingerprint density at radius 2 is 1.86 bits per heavy atom. The van der Waals surface area contributed by atoms with Crippen LogP contribution in [0.25, 0.3) is 0 Å². The standard InChI is InChI=1S/C5H6IN/c6-4-2-1-3-5-7/h1-5,7H/b3-1-,4-2-,7-5?. The van der Waals surface area contributed by atoms with Gasteiger partial charge in [-0.25, -0.2) is 0 Å². The average Bonchev–Trinajstić information content (AvgIpc) is 1.69. The van der Waals surface area contributed by atoms with E-state index >= 15 is 0 Å². The fourth-order valence-electron chi connectivity index (χ4n) is 0.162. The Bertz CT molecular complexity index is 94.3. The Morgan fingerprint density at radius 1 is 1.14 bits per heavy atom. The zero-order chi connectivity index (χ0) is 5.54. The van der Waals surface area contributed by atoms with Gasteiger partial charge in [0.25, 0.3) is 0 Å². The van der Waals surface area contributed by atoms with E-state index in [-0.39, 0.29) is 0 Å². The van der Waals surface area contributed by atoms with Crippen molar-refractivity contribution < 1.29 is 0 Å². The van der Waals surface area contributed by atoms with Gasteiger partial charge in [-0.05, 0) is 10.2 Å². The van der Waals surface area contributed by atoms with E-state index < -0.39 is 0 Å². The second-order valence-corrected chi connectivity index (χ2v) is 1.59. The van der Waals surface area contributed by atoms with E-state index in [1.807, 2.05) is 10.2 Å². The zero-order valence-corrected chi connectivity index (χ0v) is 5.92. The molecule has 0 bridgehead atoms. The van der Waals surface area contributed by atoms with Gasteiger partial charge in [0.2, 0.25) is 0 Å². The predicted molar refractivity (Wildman–Crippen MR) is 41.1 cm³/mol. The Labute approximate surface area is 56.8 Å². The third-order valence-electron chi connectivity index (χ3n) is 0.391. The smallest absolute Gasteiger partial charge is 0.0177 e. The van der Waals surface area contributed by atoms with Crippen molar-refractivity contribution in [3.63, 3.8) is 0 Å². The normalized spacial score (nSPS) is 11.0. The van der Waals surface area contributed by atoms with Gasteiger partial charge in [0.05, 0.1) is 0 Å². The number of halogens is 1. The minimum atomic E-state index is 1.25. The van der Waals surface area contributed by atoms with Gasteiger partial charge in [-0.3, -0.25) is 0 Å². The maximum Gasteiger partial charge on any atom is 0.0177 e. The first kappa shape index (κ1) is 6.88. The first-order chi connectivity index (χ1) is 3.41. The maximum absolute atomic E-state index is 6.53. The summed E-state index contributed by atoms with van der Waals surface area (Å²) in [6.07, 6.45) is 6.58. The number of hydrogen-bond donors (Lipinski definition) is 1. The van der Waals surface area contributed by atoms with Crippen molar-refractivity contribution in [1.29, 1.82) is 5.41 Å². The van der Waals surface area contributed by atoms with Crippen LogP contribution in [0.2, 0.25) is 0 Å². The summed E-state index contributed by atoms with van der Waals surface area (Å²) in [5, 5.41) is 6.53. The van der Waals surface area contributed by atoms with Crippen LogP contribution in [0.5, 0.6) is 0 Å². The molecule has 0 fully saturated rings. The van der Waals surface area contributed by atoms with Crippen LogP contribution in [0, 0.1) is 5.41 Å². The molecule has 0 atom stereocenters. The quantitative estimate of drug-likeness (QED) is 0.407. The lowest BCUT2D eigenvalue weighted by atomic mass is 10.5. The van der Waals surface area contributed by atoms with Crippen molar-refractivity contribution in [3.05, 3.63) is 22.3 Å². The molecular formula is C5H6IN. The van der Waals surface area contributed by atoms with E-state index in [0.717, 1.165) is 0 Å². The van der Waals surface area contributed by atoms with Crippen molar-refractivity contribution in [2.75, 3.05) is 0 Å². The third kappa shape index (κ3) is 5.88. The van der Waals surface area contributed by atoms with Crippen LogP contribution in [0.3, 0.4) is 0 Å². The van der Waals surface area contributed by atoms with E-state index in [9.17, 15) is 0 Å². The molecule has 0 unspecified atom stereocenters. The number of nitrogens with one attached hydrogen (secondary N) is 1. The molecule has 0 heterocycles. The van der Waals surface area contributed by atoms with Crippen LogP contribution in [-0.2, 0) is 0 Å². The lowest BCUT2D eigenvalue weighted by Crippen LogP contribution is -1.51. The number of hydrogen-bond acceptors (Lipinski definition) is 1. The maximum atomic E-state index is 6.53. The van der Waals surface area contributed by atoms with Crippen molar-refractivity contribution in [3.8, 4) is 0 Å². The molecule has 0 amide bonds. The number of allylic oxidation sites excluding steroid dienone is 3.